The van der Waals surface area contributed by atoms with Crippen LogP contribution in [0.15, 0.2) is 30.1 Å². The van der Waals surface area contributed by atoms with E-state index < -0.39 is 11.7 Å². The molecule has 2 fully saturated rings. The molecule has 1 aromatic carbocycles. The standard InChI is InChI=1S/C26H38F2/c1-3-5-19-7-11-21(12-8-19)22-15-17-24(18-16-22)26(28)25(27)23-13-9-20(6-4-2)10-14-23/h9-10,13-14,19,21-22,24H,3-8,11-12,15-18H2,1-2H3/b26-25+. The van der Waals surface area contributed by atoms with E-state index in [4.69, 9.17) is 0 Å². The van der Waals surface area contributed by atoms with E-state index >= 15 is 0 Å². The Morgan fingerprint density at radius 1 is 0.786 bits per heavy atom. The summed E-state index contributed by atoms with van der Waals surface area (Å²) in [7, 11) is 0. The molecule has 0 aliphatic heterocycles. The number of allylic oxidation sites excluding steroid dienone is 1. The van der Waals surface area contributed by atoms with Crippen LogP contribution in [0.5, 0.6) is 0 Å². The van der Waals surface area contributed by atoms with Crippen molar-refractivity contribution in [1.82, 2.24) is 0 Å². The Hall–Kier alpha value is -1.18. The molecule has 0 bridgehead atoms. The van der Waals surface area contributed by atoms with Gasteiger partial charge in [0, 0.05) is 11.5 Å². The maximum absolute atomic E-state index is 14.8. The highest BCUT2D eigenvalue weighted by Crippen LogP contribution is 2.44. The van der Waals surface area contributed by atoms with E-state index in [-0.39, 0.29) is 5.92 Å². The van der Waals surface area contributed by atoms with Crippen molar-refractivity contribution in [3.8, 4) is 0 Å². The van der Waals surface area contributed by atoms with Crippen LogP contribution in [0.2, 0.25) is 0 Å². The Bertz CT molecular complexity index is 614. The number of hydrogen-bond acceptors (Lipinski definition) is 0. The lowest BCUT2D eigenvalue weighted by Gasteiger charge is -2.37. The van der Waals surface area contributed by atoms with Crippen LogP contribution < -0.4 is 0 Å². The fraction of sp³-hybridized carbons (Fsp3) is 0.692. The molecule has 156 valence electrons. The van der Waals surface area contributed by atoms with Gasteiger partial charge in [0.15, 0.2) is 5.83 Å². The first-order valence-electron chi connectivity index (χ1n) is 11.8. The molecule has 0 heterocycles. The predicted octanol–water partition coefficient (Wildman–Crippen LogP) is 8.66. The van der Waals surface area contributed by atoms with Crippen molar-refractivity contribution < 1.29 is 8.78 Å². The zero-order valence-corrected chi connectivity index (χ0v) is 17.9. The quantitative estimate of drug-likeness (QED) is 0.438. The minimum Gasteiger partial charge on any atom is -0.208 e. The number of aryl methyl sites for hydroxylation is 1. The fourth-order valence-electron chi connectivity index (χ4n) is 5.62. The highest BCUT2D eigenvalue weighted by Gasteiger charge is 2.32. The van der Waals surface area contributed by atoms with Gasteiger partial charge >= 0.3 is 0 Å². The van der Waals surface area contributed by atoms with Gasteiger partial charge in [-0.2, -0.15) is 0 Å². The second-order valence-corrected chi connectivity index (χ2v) is 9.29. The molecule has 2 aliphatic rings. The number of rotatable bonds is 7. The second kappa shape index (κ2) is 10.6. The summed E-state index contributed by atoms with van der Waals surface area (Å²) in [6.07, 6.45) is 14.0. The minimum absolute atomic E-state index is 0.219. The Morgan fingerprint density at radius 2 is 1.36 bits per heavy atom. The van der Waals surface area contributed by atoms with E-state index in [1.54, 1.807) is 12.1 Å². The van der Waals surface area contributed by atoms with Crippen LogP contribution in [-0.4, -0.2) is 0 Å². The Kier molecular flexibility index (Phi) is 8.11. The summed E-state index contributed by atoms with van der Waals surface area (Å²) in [4.78, 5) is 0. The third-order valence-electron chi connectivity index (χ3n) is 7.34. The Labute approximate surface area is 170 Å². The molecule has 0 radical (unpaired) electrons. The van der Waals surface area contributed by atoms with Gasteiger partial charge in [-0.15, -0.1) is 0 Å². The van der Waals surface area contributed by atoms with Crippen LogP contribution in [0.4, 0.5) is 8.78 Å². The first kappa shape index (κ1) is 21.5. The lowest BCUT2D eigenvalue weighted by atomic mass is 9.68. The maximum Gasteiger partial charge on any atom is 0.162 e. The summed E-state index contributed by atoms with van der Waals surface area (Å²) < 4.78 is 29.5. The van der Waals surface area contributed by atoms with E-state index in [1.165, 1.54) is 44.1 Å². The summed E-state index contributed by atoms with van der Waals surface area (Å²) in [6, 6.07) is 7.33. The van der Waals surface area contributed by atoms with Gasteiger partial charge in [-0.1, -0.05) is 70.2 Å². The SMILES string of the molecule is CCCc1ccc(/C(F)=C(\F)C2CCC(C3CCC(CCC)CC3)CC2)cc1. The molecule has 0 nitrogen and oxygen atoms in total. The Morgan fingerprint density at radius 3 is 1.89 bits per heavy atom. The maximum atomic E-state index is 14.8. The molecular weight excluding hydrogens is 350 g/mol. The normalized spacial score (nSPS) is 29.4. The highest BCUT2D eigenvalue weighted by molar-refractivity contribution is 5.61. The largest absolute Gasteiger partial charge is 0.208 e. The number of hydrogen-bond donors (Lipinski definition) is 0. The van der Waals surface area contributed by atoms with E-state index in [1.807, 2.05) is 12.1 Å². The van der Waals surface area contributed by atoms with Crippen molar-refractivity contribution >= 4 is 5.83 Å². The molecule has 0 aromatic heterocycles. The molecule has 0 atom stereocenters. The predicted molar refractivity (Wildman–Crippen MR) is 115 cm³/mol. The van der Waals surface area contributed by atoms with E-state index in [9.17, 15) is 8.78 Å². The Balaban J connectivity index is 1.53. The second-order valence-electron chi connectivity index (χ2n) is 9.29. The molecule has 0 spiro atoms. The third-order valence-corrected chi connectivity index (χ3v) is 7.34. The third kappa shape index (κ3) is 5.45. The smallest absolute Gasteiger partial charge is 0.162 e. The van der Waals surface area contributed by atoms with E-state index in [0.717, 1.165) is 56.3 Å². The molecule has 2 saturated carbocycles. The molecule has 1 aromatic rings. The van der Waals surface area contributed by atoms with Gasteiger partial charge in [-0.3, -0.25) is 0 Å². The van der Waals surface area contributed by atoms with Gasteiger partial charge < -0.3 is 0 Å². The molecule has 0 N–H and O–H groups in total. The van der Waals surface area contributed by atoms with Crippen LogP contribution in [0.25, 0.3) is 5.83 Å². The molecule has 2 heteroatoms. The van der Waals surface area contributed by atoms with Crippen molar-refractivity contribution in [2.24, 2.45) is 23.7 Å². The van der Waals surface area contributed by atoms with Gasteiger partial charge in [0.25, 0.3) is 0 Å². The van der Waals surface area contributed by atoms with Crippen LogP contribution in [0, 0.1) is 23.7 Å². The molecule has 0 saturated heterocycles. The van der Waals surface area contributed by atoms with Crippen LogP contribution in [0.1, 0.15) is 95.6 Å². The van der Waals surface area contributed by atoms with Crippen molar-refractivity contribution in [2.75, 3.05) is 0 Å². The zero-order valence-electron chi connectivity index (χ0n) is 17.9. The van der Waals surface area contributed by atoms with Crippen LogP contribution >= 0.6 is 0 Å². The average molecular weight is 389 g/mol. The van der Waals surface area contributed by atoms with Gasteiger partial charge in [-0.05, 0) is 68.3 Å². The van der Waals surface area contributed by atoms with Gasteiger partial charge in [-0.25, -0.2) is 8.78 Å². The number of benzene rings is 1. The average Bonchev–Trinajstić information content (AvgIpc) is 2.74. The van der Waals surface area contributed by atoms with Crippen LogP contribution in [-0.2, 0) is 6.42 Å². The van der Waals surface area contributed by atoms with Crippen molar-refractivity contribution in [3.63, 3.8) is 0 Å². The molecule has 28 heavy (non-hydrogen) atoms. The summed E-state index contributed by atoms with van der Waals surface area (Å²) in [5.74, 6) is 1.15. The molecular formula is C26H38F2. The first-order valence-corrected chi connectivity index (χ1v) is 11.8. The fourth-order valence-corrected chi connectivity index (χ4v) is 5.62. The number of halogens is 2. The molecule has 0 unspecified atom stereocenters. The van der Waals surface area contributed by atoms with Crippen molar-refractivity contribution in [1.29, 1.82) is 0 Å². The van der Waals surface area contributed by atoms with Crippen molar-refractivity contribution in [3.05, 3.63) is 41.2 Å². The highest BCUT2D eigenvalue weighted by atomic mass is 19.2. The lowest BCUT2D eigenvalue weighted by molar-refractivity contribution is 0.145. The molecule has 0 amide bonds. The summed E-state index contributed by atoms with van der Waals surface area (Å²) in [5, 5.41) is 0. The topological polar surface area (TPSA) is 0 Å². The lowest BCUT2D eigenvalue weighted by Crippen LogP contribution is -2.26. The molecule has 3 rings (SSSR count). The first-order chi connectivity index (χ1) is 13.6. The monoisotopic (exact) mass is 388 g/mol. The minimum atomic E-state index is -0.633. The van der Waals surface area contributed by atoms with E-state index in [2.05, 4.69) is 13.8 Å². The van der Waals surface area contributed by atoms with Gasteiger partial charge in [0.2, 0.25) is 0 Å². The summed E-state index contributed by atoms with van der Waals surface area (Å²) in [6.45, 7) is 4.41. The van der Waals surface area contributed by atoms with Gasteiger partial charge in [0.1, 0.15) is 5.83 Å². The summed E-state index contributed by atoms with van der Waals surface area (Å²) >= 11 is 0. The summed E-state index contributed by atoms with van der Waals surface area (Å²) in [5.41, 5.74) is 1.59. The van der Waals surface area contributed by atoms with E-state index in [0.29, 0.717) is 5.56 Å². The van der Waals surface area contributed by atoms with Crippen molar-refractivity contribution in [2.45, 2.75) is 90.9 Å². The van der Waals surface area contributed by atoms with Gasteiger partial charge in [0.05, 0.1) is 0 Å². The molecule has 2 aliphatic carbocycles. The zero-order chi connectivity index (χ0) is 19.9. The van der Waals surface area contributed by atoms with Crippen LogP contribution in [0.3, 0.4) is 0 Å².